The summed E-state index contributed by atoms with van der Waals surface area (Å²) in [5.41, 5.74) is 8.65. The fourth-order valence-corrected chi connectivity index (χ4v) is 2.39. The van der Waals surface area contributed by atoms with Crippen LogP contribution in [-0.4, -0.2) is 31.6 Å². The Labute approximate surface area is 95.2 Å². The van der Waals surface area contributed by atoms with Crippen molar-refractivity contribution < 1.29 is 0 Å². The number of benzene rings is 1. The zero-order valence-corrected chi connectivity index (χ0v) is 9.19. The highest BCUT2D eigenvalue weighted by molar-refractivity contribution is 5.98. The minimum atomic E-state index is 0.194. The van der Waals surface area contributed by atoms with Gasteiger partial charge in [0.15, 0.2) is 5.96 Å². The Morgan fingerprint density at radius 1 is 1.38 bits per heavy atom. The molecule has 0 radical (unpaired) electrons. The first-order valence-electron chi connectivity index (χ1n) is 5.74. The van der Waals surface area contributed by atoms with Gasteiger partial charge in [0.25, 0.3) is 0 Å². The summed E-state index contributed by atoms with van der Waals surface area (Å²) >= 11 is 0. The lowest BCUT2D eigenvalue weighted by molar-refractivity contribution is 0.644. The van der Waals surface area contributed by atoms with Crippen molar-refractivity contribution in [2.75, 3.05) is 24.5 Å². The van der Waals surface area contributed by atoms with Crippen molar-refractivity contribution in [1.29, 1.82) is 0 Å². The van der Waals surface area contributed by atoms with Crippen molar-refractivity contribution in [3.05, 3.63) is 29.8 Å². The van der Waals surface area contributed by atoms with Crippen LogP contribution in [0.5, 0.6) is 0 Å². The van der Waals surface area contributed by atoms with E-state index in [2.05, 4.69) is 39.5 Å². The van der Waals surface area contributed by atoms with E-state index < -0.39 is 0 Å². The van der Waals surface area contributed by atoms with Gasteiger partial charge in [-0.1, -0.05) is 18.2 Å². The van der Waals surface area contributed by atoms with E-state index in [4.69, 9.17) is 5.73 Å². The second kappa shape index (κ2) is 3.79. The minimum Gasteiger partial charge on any atom is -0.354 e. The maximum atomic E-state index is 6.08. The van der Waals surface area contributed by atoms with Crippen molar-refractivity contribution >= 4 is 11.6 Å². The fourth-order valence-electron chi connectivity index (χ4n) is 2.39. The molecular weight excluding hydrogens is 200 g/mol. The maximum Gasteiger partial charge on any atom is 0.198 e. The quantitative estimate of drug-likeness (QED) is 0.657. The second-order valence-electron chi connectivity index (χ2n) is 4.34. The Morgan fingerprint density at radius 3 is 3.06 bits per heavy atom. The number of nitrogens with zero attached hydrogens (tertiary/aromatic N) is 2. The third-order valence-electron chi connectivity index (χ3n) is 3.09. The van der Waals surface area contributed by atoms with Gasteiger partial charge in [0.2, 0.25) is 0 Å². The molecule has 2 aliphatic rings. The third-order valence-corrected chi connectivity index (χ3v) is 3.09. The van der Waals surface area contributed by atoms with E-state index in [0.29, 0.717) is 0 Å². The summed E-state index contributed by atoms with van der Waals surface area (Å²) in [6.07, 6.45) is 0.958. The molecule has 16 heavy (non-hydrogen) atoms. The summed E-state index contributed by atoms with van der Waals surface area (Å²) in [4.78, 5) is 6.67. The number of rotatable bonds is 0. The van der Waals surface area contributed by atoms with Gasteiger partial charge in [-0.05, 0) is 18.1 Å². The zero-order valence-electron chi connectivity index (χ0n) is 9.19. The number of anilines is 1. The van der Waals surface area contributed by atoms with E-state index in [1.165, 1.54) is 11.3 Å². The smallest absolute Gasteiger partial charge is 0.198 e. The number of guanidine groups is 1. The topological polar surface area (TPSA) is 53.6 Å². The molecule has 3 N–H and O–H groups in total. The molecular formula is C12H16N4. The first-order chi connectivity index (χ1) is 7.84. The van der Waals surface area contributed by atoms with Crippen LogP contribution in [0, 0.1) is 0 Å². The molecule has 1 aromatic carbocycles. The molecule has 2 aliphatic heterocycles. The Kier molecular flexibility index (Phi) is 2.29. The van der Waals surface area contributed by atoms with Crippen LogP contribution in [0.4, 0.5) is 5.69 Å². The molecule has 4 nitrogen and oxygen atoms in total. The first-order valence-corrected chi connectivity index (χ1v) is 5.74. The average molecular weight is 216 g/mol. The standard InChI is InChI=1S/C12H16N4/c13-10-7-9-3-1-2-4-11(9)16(8-10)12-14-5-6-15-12/h1-4,10H,5-8,13H2,(H,14,15). The number of hydrogen-bond donors (Lipinski definition) is 2. The second-order valence-corrected chi connectivity index (χ2v) is 4.34. The van der Waals surface area contributed by atoms with Crippen LogP contribution < -0.4 is 16.0 Å². The van der Waals surface area contributed by atoms with Gasteiger partial charge in [-0.15, -0.1) is 0 Å². The molecule has 84 valence electrons. The lowest BCUT2D eigenvalue weighted by Gasteiger charge is -2.34. The number of fused-ring (bicyclic) bond motifs is 1. The molecule has 0 saturated heterocycles. The van der Waals surface area contributed by atoms with Crippen molar-refractivity contribution in [1.82, 2.24) is 5.32 Å². The molecule has 1 atom stereocenters. The van der Waals surface area contributed by atoms with Crippen LogP contribution in [0.25, 0.3) is 0 Å². The molecule has 3 rings (SSSR count). The first kappa shape index (κ1) is 9.66. The largest absolute Gasteiger partial charge is 0.354 e. The highest BCUT2D eigenvalue weighted by atomic mass is 15.3. The fraction of sp³-hybridized carbons (Fsp3) is 0.417. The normalized spacial score (nSPS) is 23.7. The zero-order chi connectivity index (χ0) is 11.0. The lowest BCUT2D eigenvalue weighted by atomic mass is 9.99. The summed E-state index contributed by atoms with van der Waals surface area (Å²) < 4.78 is 0. The molecule has 1 unspecified atom stereocenters. The number of hydrogen-bond acceptors (Lipinski definition) is 4. The highest BCUT2D eigenvalue weighted by Gasteiger charge is 2.25. The van der Waals surface area contributed by atoms with E-state index in [0.717, 1.165) is 32.0 Å². The van der Waals surface area contributed by atoms with Gasteiger partial charge in [0.05, 0.1) is 6.54 Å². The summed E-state index contributed by atoms with van der Waals surface area (Å²) in [5.74, 6) is 0.975. The van der Waals surface area contributed by atoms with Crippen LogP contribution in [0.1, 0.15) is 5.56 Å². The third kappa shape index (κ3) is 1.55. The molecule has 0 aliphatic carbocycles. The van der Waals surface area contributed by atoms with E-state index >= 15 is 0 Å². The van der Waals surface area contributed by atoms with Crippen LogP contribution in [0.15, 0.2) is 29.3 Å². The van der Waals surface area contributed by atoms with Gasteiger partial charge in [0, 0.05) is 24.8 Å². The van der Waals surface area contributed by atoms with Crippen LogP contribution in [0.2, 0.25) is 0 Å². The van der Waals surface area contributed by atoms with Crippen LogP contribution in [-0.2, 0) is 6.42 Å². The Balaban J connectivity index is 2.00. The number of nitrogens with one attached hydrogen (secondary N) is 1. The predicted molar refractivity (Wildman–Crippen MR) is 65.8 cm³/mol. The van der Waals surface area contributed by atoms with Crippen LogP contribution in [0.3, 0.4) is 0 Å². The van der Waals surface area contributed by atoms with Gasteiger partial charge in [-0.25, -0.2) is 0 Å². The van der Waals surface area contributed by atoms with Crippen LogP contribution >= 0.6 is 0 Å². The maximum absolute atomic E-state index is 6.08. The van der Waals surface area contributed by atoms with Gasteiger partial charge < -0.3 is 16.0 Å². The summed E-state index contributed by atoms with van der Waals surface area (Å²) in [7, 11) is 0. The Hall–Kier alpha value is -1.55. The number of para-hydroxylation sites is 1. The van der Waals surface area contributed by atoms with E-state index in [9.17, 15) is 0 Å². The number of nitrogens with two attached hydrogens (primary N) is 1. The summed E-state index contributed by atoms with van der Waals surface area (Å²) in [6, 6.07) is 8.62. The van der Waals surface area contributed by atoms with Crippen molar-refractivity contribution in [3.63, 3.8) is 0 Å². The lowest BCUT2D eigenvalue weighted by Crippen LogP contribution is -2.49. The molecule has 0 spiro atoms. The molecule has 0 bridgehead atoms. The molecule has 0 fully saturated rings. The van der Waals surface area contributed by atoms with Gasteiger partial charge in [-0.2, -0.15) is 0 Å². The monoisotopic (exact) mass is 216 g/mol. The average Bonchev–Trinajstić information content (AvgIpc) is 2.81. The minimum absolute atomic E-state index is 0.194. The molecule has 0 aromatic heterocycles. The van der Waals surface area contributed by atoms with Crippen molar-refractivity contribution in [2.45, 2.75) is 12.5 Å². The highest BCUT2D eigenvalue weighted by Crippen LogP contribution is 2.26. The molecule has 2 heterocycles. The molecule has 4 heteroatoms. The molecule has 0 saturated carbocycles. The van der Waals surface area contributed by atoms with Crippen molar-refractivity contribution in [2.24, 2.45) is 10.7 Å². The summed E-state index contributed by atoms with van der Waals surface area (Å²) in [6.45, 7) is 2.65. The molecule has 0 amide bonds. The molecule has 1 aromatic rings. The van der Waals surface area contributed by atoms with E-state index in [1.54, 1.807) is 0 Å². The Morgan fingerprint density at radius 2 is 2.25 bits per heavy atom. The van der Waals surface area contributed by atoms with Crippen molar-refractivity contribution in [3.8, 4) is 0 Å². The van der Waals surface area contributed by atoms with Gasteiger partial charge in [0.1, 0.15) is 0 Å². The SMILES string of the molecule is NC1Cc2ccccc2N(C2=NCCN2)C1. The Bertz CT molecular complexity index is 427. The van der Waals surface area contributed by atoms with E-state index in [1.807, 2.05) is 0 Å². The van der Waals surface area contributed by atoms with Gasteiger partial charge in [-0.3, -0.25) is 4.99 Å². The van der Waals surface area contributed by atoms with Gasteiger partial charge >= 0.3 is 0 Å². The predicted octanol–water partition coefficient (Wildman–Crippen LogP) is 0.336. The number of aliphatic imine (C=N–C) groups is 1. The van der Waals surface area contributed by atoms with E-state index in [-0.39, 0.29) is 6.04 Å². The summed E-state index contributed by atoms with van der Waals surface area (Å²) in [5, 5.41) is 3.31.